The van der Waals surface area contributed by atoms with Gasteiger partial charge in [-0.15, -0.1) is 0 Å². The number of methoxy groups -OCH3 is 1. The Balaban J connectivity index is 1.82. The Kier molecular flexibility index (Phi) is 5.28. The molecule has 26 heavy (non-hydrogen) atoms. The van der Waals surface area contributed by atoms with E-state index in [2.05, 4.69) is 15.3 Å². The van der Waals surface area contributed by atoms with Crippen molar-refractivity contribution in [3.05, 3.63) is 72.2 Å². The molecule has 0 radical (unpaired) electrons. The second-order valence-corrected chi connectivity index (χ2v) is 5.28. The number of carboxylic acid groups (broad SMARTS) is 1. The van der Waals surface area contributed by atoms with E-state index < -0.39 is 5.97 Å². The number of anilines is 2. The monoisotopic (exact) mass is 351 g/mol. The summed E-state index contributed by atoms with van der Waals surface area (Å²) in [6, 6.07) is 16.4. The fraction of sp³-hybridized carbons (Fsp3) is 0.105. The van der Waals surface area contributed by atoms with Crippen molar-refractivity contribution in [1.29, 1.82) is 0 Å². The highest BCUT2D eigenvalue weighted by Crippen LogP contribution is 2.26. The molecule has 2 N–H and O–H groups in total. The summed E-state index contributed by atoms with van der Waals surface area (Å²) in [6.07, 6.45) is 1.27. The molecular weight excluding hydrogens is 334 g/mol. The number of nitrogens with zero attached hydrogens (tertiary/aromatic N) is 2. The summed E-state index contributed by atoms with van der Waals surface area (Å²) in [5.41, 5.74) is 0.709. The van der Waals surface area contributed by atoms with Gasteiger partial charge < -0.3 is 19.9 Å². The quantitative estimate of drug-likeness (QED) is 0.673. The van der Waals surface area contributed by atoms with E-state index in [0.717, 1.165) is 5.69 Å². The Labute approximate surface area is 150 Å². The Hall–Kier alpha value is -3.61. The molecule has 3 aromatic rings. The molecule has 0 atom stereocenters. The van der Waals surface area contributed by atoms with Crippen LogP contribution in [0.4, 0.5) is 11.5 Å². The highest BCUT2D eigenvalue weighted by molar-refractivity contribution is 5.93. The van der Waals surface area contributed by atoms with Crippen LogP contribution in [0.1, 0.15) is 16.2 Å². The number of benzene rings is 2. The van der Waals surface area contributed by atoms with Crippen molar-refractivity contribution >= 4 is 17.5 Å². The van der Waals surface area contributed by atoms with Crippen LogP contribution in [0.2, 0.25) is 0 Å². The smallest absolute Gasteiger partial charge is 0.341 e. The number of hydrogen-bond acceptors (Lipinski definition) is 6. The van der Waals surface area contributed by atoms with Crippen LogP contribution in [0.15, 0.2) is 60.8 Å². The van der Waals surface area contributed by atoms with Crippen LogP contribution in [0.5, 0.6) is 11.5 Å². The highest BCUT2D eigenvalue weighted by Gasteiger charge is 2.14. The van der Waals surface area contributed by atoms with Crippen LogP contribution in [-0.2, 0) is 6.61 Å². The lowest BCUT2D eigenvalue weighted by molar-refractivity contribution is 0.0697. The maximum Gasteiger partial charge on any atom is 0.341 e. The molecule has 7 heteroatoms. The van der Waals surface area contributed by atoms with Crippen LogP contribution >= 0.6 is 0 Å². The number of rotatable bonds is 7. The predicted molar refractivity (Wildman–Crippen MR) is 96.0 cm³/mol. The summed E-state index contributed by atoms with van der Waals surface area (Å²) in [6.45, 7) is 0.0732. The molecule has 0 saturated carbocycles. The Morgan fingerprint density at radius 2 is 1.77 bits per heavy atom. The lowest BCUT2D eigenvalue weighted by Crippen LogP contribution is -2.10. The number of ether oxygens (including phenoxy) is 2. The lowest BCUT2D eigenvalue weighted by atomic mass is 10.2. The van der Waals surface area contributed by atoms with Gasteiger partial charge in [-0.3, -0.25) is 0 Å². The van der Waals surface area contributed by atoms with Crippen molar-refractivity contribution < 1.29 is 19.4 Å². The summed E-state index contributed by atoms with van der Waals surface area (Å²) in [5.74, 6) is 0.591. The molecule has 0 aliphatic heterocycles. The first-order valence-corrected chi connectivity index (χ1v) is 7.84. The predicted octanol–water partition coefficient (Wildman–Crippen LogP) is 3.51. The fourth-order valence-electron chi connectivity index (χ4n) is 2.28. The van der Waals surface area contributed by atoms with Gasteiger partial charge in [0.1, 0.15) is 18.0 Å². The summed E-state index contributed by atoms with van der Waals surface area (Å²) >= 11 is 0. The fourth-order valence-corrected chi connectivity index (χ4v) is 2.28. The third kappa shape index (κ3) is 4.07. The van der Waals surface area contributed by atoms with Gasteiger partial charge >= 0.3 is 5.97 Å². The van der Waals surface area contributed by atoms with Gasteiger partial charge in [0.25, 0.3) is 0 Å². The van der Waals surface area contributed by atoms with Crippen molar-refractivity contribution in [1.82, 2.24) is 9.97 Å². The molecule has 3 rings (SSSR count). The maximum absolute atomic E-state index is 11.4. The first-order chi connectivity index (χ1) is 12.7. The largest absolute Gasteiger partial charge is 0.493 e. The standard InChI is InChI=1S/C19H17N3O4/c1-25-15-9-5-6-10-16(15)26-12-17-20-11-14(19(23)24)18(22-17)21-13-7-3-2-4-8-13/h2-11H,12H2,1H3,(H,23,24)(H,20,21,22). The van der Waals surface area contributed by atoms with Gasteiger partial charge in [0.15, 0.2) is 17.3 Å². The van der Waals surface area contributed by atoms with E-state index in [1.54, 1.807) is 19.2 Å². The Bertz CT molecular complexity index is 900. The number of hydrogen-bond donors (Lipinski definition) is 2. The zero-order chi connectivity index (χ0) is 18.4. The zero-order valence-corrected chi connectivity index (χ0v) is 14.0. The third-order valence-corrected chi connectivity index (χ3v) is 3.53. The second-order valence-electron chi connectivity index (χ2n) is 5.28. The number of carbonyl (C=O) groups is 1. The van der Waals surface area contributed by atoms with Gasteiger partial charge in [0, 0.05) is 11.9 Å². The van der Waals surface area contributed by atoms with Crippen LogP contribution in [-0.4, -0.2) is 28.2 Å². The van der Waals surface area contributed by atoms with E-state index >= 15 is 0 Å². The molecular formula is C19H17N3O4. The van der Waals surface area contributed by atoms with Crippen molar-refractivity contribution in [2.24, 2.45) is 0 Å². The van der Waals surface area contributed by atoms with E-state index in [1.807, 2.05) is 42.5 Å². The number of carboxylic acids is 1. The van der Waals surface area contributed by atoms with Crippen molar-refractivity contribution in [2.75, 3.05) is 12.4 Å². The average molecular weight is 351 g/mol. The minimum atomic E-state index is -1.11. The van der Waals surface area contributed by atoms with Crippen molar-refractivity contribution in [2.45, 2.75) is 6.61 Å². The summed E-state index contributed by atoms with van der Waals surface area (Å²) < 4.78 is 10.9. The van der Waals surface area contributed by atoms with Gasteiger partial charge in [0.05, 0.1) is 7.11 Å². The molecule has 132 valence electrons. The van der Waals surface area contributed by atoms with Crippen molar-refractivity contribution in [3.63, 3.8) is 0 Å². The number of aromatic nitrogens is 2. The van der Waals surface area contributed by atoms with Crippen LogP contribution in [0, 0.1) is 0 Å². The SMILES string of the molecule is COc1ccccc1OCc1ncc(C(=O)O)c(Nc2ccccc2)n1. The molecule has 1 heterocycles. The minimum absolute atomic E-state index is 0.0186. The minimum Gasteiger partial charge on any atom is -0.493 e. The number of para-hydroxylation sites is 3. The normalized spacial score (nSPS) is 10.2. The van der Waals surface area contributed by atoms with Gasteiger partial charge in [-0.05, 0) is 24.3 Å². The van der Waals surface area contributed by atoms with E-state index in [0.29, 0.717) is 17.3 Å². The van der Waals surface area contributed by atoms with E-state index in [4.69, 9.17) is 9.47 Å². The lowest BCUT2D eigenvalue weighted by Gasteiger charge is -2.12. The van der Waals surface area contributed by atoms with Crippen molar-refractivity contribution in [3.8, 4) is 11.5 Å². The molecule has 0 unspecified atom stereocenters. The molecule has 7 nitrogen and oxygen atoms in total. The first-order valence-electron chi connectivity index (χ1n) is 7.84. The number of aromatic carboxylic acids is 1. The molecule has 0 aliphatic carbocycles. The number of nitrogens with one attached hydrogen (secondary N) is 1. The molecule has 0 spiro atoms. The molecule has 0 fully saturated rings. The third-order valence-electron chi connectivity index (χ3n) is 3.53. The molecule has 1 aromatic heterocycles. The Morgan fingerprint density at radius 3 is 2.46 bits per heavy atom. The molecule has 0 aliphatic rings. The van der Waals surface area contributed by atoms with Crippen LogP contribution in [0.3, 0.4) is 0 Å². The van der Waals surface area contributed by atoms with Gasteiger partial charge in [0.2, 0.25) is 0 Å². The summed E-state index contributed by atoms with van der Waals surface area (Å²) in [7, 11) is 1.56. The van der Waals surface area contributed by atoms with E-state index in [1.165, 1.54) is 6.20 Å². The zero-order valence-electron chi connectivity index (χ0n) is 14.0. The summed E-state index contributed by atoms with van der Waals surface area (Å²) in [4.78, 5) is 19.8. The second kappa shape index (κ2) is 7.98. The van der Waals surface area contributed by atoms with Gasteiger partial charge in [-0.2, -0.15) is 0 Å². The van der Waals surface area contributed by atoms with E-state index in [-0.39, 0.29) is 18.0 Å². The summed E-state index contributed by atoms with van der Waals surface area (Å²) in [5, 5.41) is 12.3. The molecule has 0 saturated heterocycles. The Morgan fingerprint density at radius 1 is 1.08 bits per heavy atom. The molecule has 2 aromatic carbocycles. The maximum atomic E-state index is 11.4. The topological polar surface area (TPSA) is 93.6 Å². The highest BCUT2D eigenvalue weighted by atomic mass is 16.5. The first kappa shape index (κ1) is 17.2. The van der Waals surface area contributed by atoms with Crippen LogP contribution in [0.25, 0.3) is 0 Å². The average Bonchev–Trinajstić information content (AvgIpc) is 2.67. The van der Waals surface area contributed by atoms with Crippen LogP contribution < -0.4 is 14.8 Å². The molecule has 0 bridgehead atoms. The van der Waals surface area contributed by atoms with E-state index in [9.17, 15) is 9.90 Å². The molecule has 0 amide bonds. The van der Waals surface area contributed by atoms with Gasteiger partial charge in [-0.25, -0.2) is 14.8 Å². The van der Waals surface area contributed by atoms with Gasteiger partial charge in [-0.1, -0.05) is 30.3 Å².